The summed E-state index contributed by atoms with van der Waals surface area (Å²) >= 11 is 3.49. The van der Waals surface area contributed by atoms with Crippen molar-refractivity contribution in [3.05, 3.63) is 83.3 Å². The topological polar surface area (TPSA) is 24.1 Å². The summed E-state index contributed by atoms with van der Waals surface area (Å²) in [6, 6.07) is 26.5. The fourth-order valence-corrected chi connectivity index (χ4v) is 2.50. The van der Waals surface area contributed by atoms with Crippen LogP contribution >= 0.6 is 15.9 Å². The van der Waals surface area contributed by atoms with Crippen molar-refractivity contribution in [3.8, 4) is 0 Å². The van der Waals surface area contributed by atoms with Crippen molar-refractivity contribution in [1.82, 2.24) is 0 Å². The molecule has 0 fully saturated rings. The van der Waals surface area contributed by atoms with Crippen molar-refractivity contribution < 1.29 is 0 Å². The molecule has 21 heavy (non-hydrogen) atoms. The van der Waals surface area contributed by atoms with Crippen LogP contribution in [0.3, 0.4) is 0 Å². The summed E-state index contributed by atoms with van der Waals surface area (Å²) < 4.78 is 1.06. The van der Waals surface area contributed by atoms with E-state index in [-0.39, 0.29) is 0 Å². The minimum Gasteiger partial charge on any atom is -0.354 e. The quantitative estimate of drug-likeness (QED) is 0.615. The van der Waals surface area contributed by atoms with Crippen LogP contribution < -0.4 is 10.6 Å². The van der Waals surface area contributed by atoms with Crippen molar-refractivity contribution in [2.75, 3.05) is 10.6 Å². The van der Waals surface area contributed by atoms with Crippen LogP contribution in [0.5, 0.6) is 0 Å². The van der Waals surface area contributed by atoms with Crippen molar-refractivity contribution in [3.63, 3.8) is 0 Å². The maximum Gasteiger partial charge on any atom is 0.0623 e. The molecule has 0 bridgehead atoms. The molecule has 0 spiro atoms. The first-order valence-corrected chi connectivity index (χ1v) is 7.54. The fraction of sp³-hybridized carbons (Fsp3) is 0. The first-order chi connectivity index (χ1) is 10.3. The minimum absolute atomic E-state index is 1.04. The van der Waals surface area contributed by atoms with Gasteiger partial charge in [0.1, 0.15) is 0 Å². The molecule has 3 aromatic carbocycles. The Morgan fingerprint density at radius 1 is 0.571 bits per heavy atom. The molecule has 0 saturated heterocycles. The van der Waals surface area contributed by atoms with Crippen molar-refractivity contribution in [2.45, 2.75) is 0 Å². The number of benzene rings is 3. The van der Waals surface area contributed by atoms with Crippen molar-refractivity contribution in [2.24, 2.45) is 0 Å². The molecular formula is C18H15BrN2. The number of halogens is 1. The lowest BCUT2D eigenvalue weighted by molar-refractivity contribution is 1.50. The summed E-state index contributed by atoms with van der Waals surface area (Å²) in [5, 5.41) is 6.87. The molecule has 0 aliphatic heterocycles. The zero-order chi connectivity index (χ0) is 14.5. The molecule has 0 amide bonds. The Balaban J connectivity index is 1.86. The summed E-state index contributed by atoms with van der Waals surface area (Å²) in [5.41, 5.74) is 4.20. The van der Waals surface area contributed by atoms with Gasteiger partial charge in [-0.25, -0.2) is 0 Å². The van der Waals surface area contributed by atoms with Gasteiger partial charge in [-0.1, -0.05) is 52.3 Å². The summed E-state index contributed by atoms with van der Waals surface area (Å²) in [4.78, 5) is 0. The standard InChI is InChI=1S/C18H15BrN2/c19-14-7-6-10-16(13-14)21-18-12-5-4-11-17(18)20-15-8-2-1-3-9-15/h1-13,20-21H. The second-order valence-electron chi connectivity index (χ2n) is 4.67. The van der Waals surface area contributed by atoms with Crippen LogP contribution in [0.1, 0.15) is 0 Å². The van der Waals surface area contributed by atoms with E-state index in [1.165, 1.54) is 0 Å². The largest absolute Gasteiger partial charge is 0.354 e. The zero-order valence-electron chi connectivity index (χ0n) is 11.4. The first kappa shape index (κ1) is 13.7. The molecule has 3 aromatic rings. The van der Waals surface area contributed by atoms with E-state index in [0.29, 0.717) is 0 Å². The van der Waals surface area contributed by atoms with Crippen LogP contribution in [0, 0.1) is 0 Å². The Kier molecular flexibility index (Phi) is 4.22. The second-order valence-corrected chi connectivity index (χ2v) is 5.59. The molecular weight excluding hydrogens is 324 g/mol. The minimum atomic E-state index is 1.04. The SMILES string of the molecule is Brc1cccc(Nc2ccccc2Nc2ccccc2)c1. The monoisotopic (exact) mass is 338 g/mol. The number of hydrogen-bond acceptors (Lipinski definition) is 2. The molecule has 0 aliphatic rings. The number of nitrogens with one attached hydrogen (secondary N) is 2. The predicted molar refractivity (Wildman–Crippen MR) is 93.6 cm³/mol. The molecule has 3 heteroatoms. The molecule has 0 radical (unpaired) electrons. The Bertz CT molecular complexity index is 726. The van der Waals surface area contributed by atoms with Gasteiger partial charge in [-0.15, -0.1) is 0 Å². The number of hydrogen-bond donors (Lipinski definition) is 2. The molecule has 3 rings (SSSR count). The molecule has 104 valence electrons. The van der Waals surface area contributed by atoms with Gasteiger partial charge >= 0.3 is 0 Å². The van der Waals surface area contributed by atoms with Crippen LogP contribution in [-0.4, -0.2) is 0 Å². The van der Waals surface area contributed by atoms with E-state index in [2.05, 4.69) is 56.9 Å². The van der Waals surface area contributed by atoms with Crippen LogP contribution in [0.15, 0.2) is 83.3 Å². The summed E-state index contributed by atoms with van der Waals surface area (Å²) in [7, 11) is 0. The summed E-state index contributed by atoms with van der Waals surface area (Å²) in [6.45, 7) is 0. The smallest absolute Gasteiger partial charge is 0.0623 e. The Labute approximate surface area is 133 Å². The fourth-order valence-electron chi connectivity index (χ4n) is 2.10. The van der Waals surface area contributed by atoms with Gasteiger partial charge in [0.2, 0.25) is 0 Å². The highest BCUT2D eigenvalue weighted by Crippen LogP contribution is 2.28. The molecule has 0 saturated carbocycles. The lowest BCUT2D eigenvalue weighted by atomic mass is 10.2. The first-order valence-electron chi connectivity index (χ1n) is 6.75. The van der Waals surface area contributed by atoms with Crippen LogP contribution in [0.25, 0.3) is 0 Å². The van der Waals surface area contributed by atoms with E-state index in [1.54, 1.807) is 0 Å². The number of rotatable bonds is 4. The predicted octanol–water partition coefficient (Wildman–Crippen LogP) is 5.94. The molecule has 0 heterocycles. The number of para-hydroxylation sites is 3. The maximum absolute atomic E-state index is 3.49. The normalized spacial score (nSPS) is 10.1. The average Bonchev–Trinajstić information content (AvgIpc) is 2.50. The molecule has 0 aromatic heterocycles. The third-order valence-corrected chi connectivity index (χ3v) is 3.58. The highest BCUT2D eigenvalue weighted by molar-refractivity contribution is 9.10. The van der Waals surface area contributed by atoms with E-state index in [4.69, 9.17) is 0 Å². The van der Waals surface area contributed by atoms with Gasteiger partial charge in [-0.2, -0.15) is 0 Å². The lowest BCUT2D eigenvalue weighted by Crippen LogP contribution is -1.97. The van der Waals surface area contributed by atoms with E-state index in [9.17, 15) is 0 Å². The molecule has 0 unspecified atom stereocenters. The molecule has 2 nitrogen and oxygen atoms in total. The van der Waals surface area contributed by atoms with Gasteiger partial charge in [-0.3, -0.25) is 0 Å². The Hall–Kier alpha value is -2.26. The van der Waals surface area contributed by atoms with Gasteiger partial charge < -0.3 is 10.6 Å². The highest BCUT2D eigenvalue weighted by Gasteiger charge is 2.02. The van der Waals surface area contributed by atoms with Gasteiger partial charge in [-0.05, 0) is 42.5 Å². The zero-order valence-corrected chi connectivity index (χ0v) is 13.0. The van der Waals surface area contributed by atoms with Crippen LogP contribution in [0.4, 0.5) is 22.7 Å². The van der Waals surface area contributed by atoms with Gasteiger partial charge in [0, 0.05) is 15.8 Å². The van der Waals surface area contributed by atoms with E-state index in [1.807, 2.05) is 48.5 Å². The third kappa shape index (κ3) is 3.64. The second kappa shape index (κ2) is 6.46. The lowest BCUT2D eigenvalue weighted by Gasteiger charge is -2.14. The van der Waals surface area contributed by atoms with Crippen molar-refractivity contribution >= 4 is 38.7 Å². The van der Waals surface area contributed by atoms with Gasteiger partial charge in [0.15, 0.2) is 0 Å². The molecule has 0 aliphatic carbocycles. The summed E-state index contributed by atoms with van der Waals surface area (Å²) in [6.07, 6.45) is 0. The van der Waals surface area contributed by atoms with Crippen molar-refractivity contribution in [1.29, 1.82) is 0 Å². The summed E-state index contributed by atoms with van der Waals surface area (Å²) in [5.74, 6) is 0. The van der Waals surface area contributed by atoms with E-state index >= 15 is 0 Å². The average molecular weight is 339 g/mol. The molecule has 2 N–H and O–H groups in total. The molecule has 0 atom stereocenters. The maximum atomic E-state index is 3.49. The van der Waals surface area contributed by atoms with E-state index < -0.39 is 0 Å². The third-order valence-electron chi connectivity index (χ3n) is 3.08. The van der Waals surface area contributed by atoms with Crippen LogP contribution in [0.2, 0.25) is 0 Å². The number of anilines is 4. The van der Waals surface area contributed by atoms with Crippen LogP contribution in [-0.2, 0) is 0 Å². The Morgan fingerprint density at radius 3 is 1.81 bits per heavy atom. The van der Waals surface area contributed by atoms with E-state index in [0.717, 1.165) is 27.2 Å². The van der Waals surface area contributed by atoms with Gasteiger partial charge in [0.05, 0.1) is 11.4 Å². The Morgan fingerprint density at radius 2 is 1.14 bits per heavy atom. The highest BCUT2D eigenvalue weighted by atomic mass is 79.9. The van der Waals surface area contributed by atoms with Gasteiger partial charge in [0.25, 0.3) is 0 Å².